The summed E-state index contributed by atoms with van der Waals surface area (Å²) in [5, 5.41) is 3.07. The smallest absolute Gasteiger partial charge is 0.253 e. The highest BCUT2D eigenvalue weighted by atomic mass is 32.2. The Morgan fingerprint density at radius 3 is 2.16 bits per heavy atom. The number of carbonyl (C=O) groups excluding carboxylic acids is 2. The van der Waals surface area contributed by atoms with E-state index in [1.165, 1.54) is 0 Å². The van der Waals surface area contributed by atoms with Gasteiger partial charge in [-0.15, -0.1) is 11.8 Å². The zero-order valence-corrected chi connectivity index (χ0v) is 22.8. The summed E-state index contributed by atoms with van der Waals surface area (Å²) >= 11 is 7.57. The molecule has 2 aliphatic heterocycles. The van der Waals surface area contributed by atoms with Crippen molar-refractivity contribution >= 4 is 40.8 Å². The first-order chi connectivity index (χ1) is 18.6. The number of ether oxygens (including phenoxy) is 1. The molecule has 3 aromatic rings. The van der Waals surface area contributed by atoms with Crippen LogP contribution in [-0.2, 0) is 20.7 Å². The van der Waals surface area contributed by atoms with Crippen molar-refractivity contribution in [1.82, 2.24) is 10.2 Å². The van der Waals surface area contributed by atoms with Crippen molar-refractivity contribution in [3.63, 3.8) is 0 Å². The summed E-state index contributed by atoms with van der Waals surface area (Å²) in [4.78, 5) is 27.9. The molecule has 1 saturated heterocycles. The lowest BCUT2D eigenvalue weighted by Gasteiger charge is -2.50. The predicted molar refractivity (Wildman–Crippen MR) is 156 cm³/mol. The number of nitrogens with one attached hydrogen (secondary N) is 1. The summed E-state index contributed by atoms with van der Waals surface area (Å²) in [6.07, 6.45) is 1.61. The van der Waals surface area contributed by atoms with Crippen molar-refractivity contribution in [3.8, 4) is 0 Å². The van der Waals surface area contributed by atoms with Gasteiger partial charge in [-0.1, -0.05) is 104 Å². The standard InChI is InChI=1S/C31H30N2O3S2/c1-2-12-24-20-38-30-26(32-25(34)19-21-13-6-3-7-14-21)29(35)33(30)27(24)31(37)36-28(22-15-8-4-9-16-22)23-17-10-5-11-18-23/h3-11,13-18,26,28,30H,2,12,19-20H2,1H3,(H,32,34)/t26?,30-/m1/s1. The van der Waals surface area contributed by atoms with Crippen LogP contribution >= 0.6 is 24.0 Å². The second kappa shape index (κ2) is 12.0. The molecule has 3 aromatic carbocycles. The minimum Gasteiger partial charge on any atom is -0.469 e. The molecule has 0 saturated carbocycles. The number of nitrogens with zero attached hydrogens (tertiary/aromatic N) is 1. The fraction of sp³-hybridized carbons (Fsp3) is 0.258. The molecule has 2 amide bonds. The van der Waals surface area contributed by atoms with Crippen LogP contribution in [0.2, 0.25) is 0 Å². The molecular weight excluding hydrogens is 512 g/mol. The quantitative estimate of drug-likeness (QED) is 0.273. The van der Waals surface area contributed by atoms with Gasteiger partial charge in [0.1, 0.15) is 17.5 Å². The number of thioether (sulfide) groups is 1. The fourth-order valence-corrected chi connectivity index (χ4v) is 6.65. The molecule has 1 fully saturated rings. The summed E-state index contributed by atoms with van der Waals surface area (Å²) in [5.74, 6) is 0.439. The Labute approximate surface area is 233 Å². The van der Waals surface area contributed by atoms with E-state index in [2.05, 4.69) is 12.2 Å². The van der Waals surface area contributed by atoms with Crippen LogP contribution in [0.1, 0.15) is 42.6 Å². The molecule has 2 atom stereocenters. The summed E-state index contributed by atoms with van der Waals surface area (Å²) in [6, 6.07) is 28.9. The first-order valence-electron chi connectivity index (χ1n) is 12.9. The molecule has 0 aromatic heterocycles. The largest absolute Gasteiger partial charge is 0.469 e. The monoisotopic (exact) mass is 542 g/mol. The Kier molecular flexibility index (Phi) is 8.25. The highest BCUT2D eigenvalue weighted by molar-refractivity contribution is 8.00. The number of hydrogen-bond donors (Lipinski definition) is 1. The van der Waals surface area contributed by atoms with E-state index < -0.39 is 12.1 Å². The Balaban J connectivity index is 1.36. The van der Waals surface area contributed by atoms with Crippen molar-refractivity contribution in [3.05, 3.63) is 119 Å². The lowest BCUT2D eigenvalue weighted by atomic mass is 9.99. The lowest BCUT2D eigenvalue weighted by molar-refractivity contribution is -0.145. The van der Waals surface area contributed by atoms with E-state index in [1.807, 2.05) is 91.0 Å². The number of amides is 2. The highest BCUT2D eigenvalue weighted by Crippen LogP contribution is 2.43. The maximum Gasteiger partial charge on any atom is 0.253 e. The van der Waals surface area contributed by atoms with E-state index in [0.717, 1.165) is 40.9 Å². The number of thiocarbonyl (C=S) groups is 1. The highest BCUT2D eigenvalue weighted by Gasteiger charge is 2.53. The van der Waals surface area contributed by atoms with Gasteiger partial charge in [0.25, 0.3) is 5.91 Å². The molecule has 2 heterocycles. The van der Waals surface area contributed by atoms with Crippen LogP contribution in [0.5, 0.6) is 0 Å². The van der Waals surface area contributed by atoms with Crippen molar-refractivity contribution in [2.75, 3.05) is 5.75 Å². The normalized spacial score (nSPS) is 18.6. The van der Waals surface area contributed by atoms with Crippen LogP contribution < -0.4 is 5.32 Å². The van der Waals surface area contributed by atoms with E-state index >= 15 is 0 Å². The van der Waals surface area contributed by atoms with Gasteiger partial charge < -0.3 is 10.1 Å². The summed E-state index contributed by atoms with van der Waals surface area (Å²) in [5.41, 5.74) is 4.70. The van der Waals surface area contributed by atoms with Crippen LogP contribution in [0.25, 0.3) is 0 Å². The third-order valence-corrected chi connectivity index (χ3v) is 8.38. The minimum atomic E-state index is -0.573. The fourth-order valence-electron chi connectivity index (χ4n) is 4.92. The van der Waals surface area contributed by atoms with Gasteiger partial charge in [-0.05, 0) is 40.9 Å². The van der Waals surface area contributed by atoms with E-state index in [0.29, 0.717) is 10.7 Å². The Morgan fingerprint density at radius 2 is 1.58 bits per heavy atom. The molecule has 5 nitrogen and oxygen atoms in total. The average Bonchev–Trinajstić information content (AvgIpc) is 2.96. The van der Waals surface area contributed by atoms with Gasteiger partial charge in [0.2, 0.25) is 11.0 Å². The summed E-state index contributed by atoms with van der Waals surface area (Å²) < 4.78 is 6.52. The molecule has 38 heavy (non-hydrogen) atoms. The number of β-lactam (4-membered cyclic amide) rings is 1. The average molecular weight is 543 g/mol. The van der Waals surface area contributed by atoms with Gasteiger partial charge in [-0.25, -0.2) is 0 Å². The molecule has 1 unspecified atom stereocenters. The van der Waals surface area contributed by atoms with Crippen LogP contribution in [0, 0.1) is 0 Å². The molecule has 2 aliphatic rings. The third-order valence-electron chi connectivity index (χ3n) is 6.75. The van der Waals surface area contributed by atoms with E-state index in [1.54, 1.807) is 16.7 Å². The first-order valence-corrected chi connectivity index (χ1v) is 14.3. The summed E-state index contributed by atoms with van der Waals surface area (Å²) in [6.45, 7) is 2.12. The van der Waals surface area contributed by atoms with E-state index in [4.69, 9.17) is 17.0 Å². The van der Waals surface area contributed by atoms with Crippen molar-refractivity contribution < 1.29 is 14.3 Å². The molecule has 5 rings (SSSR count). The van der Waals surface area contributed by atoms with Crippen LogP contribution in [0.3, 0.4) is 0 Å². The molecule has 194 valence electrons. The van der Waals surface area contributed by atoms with Gasteiger partial charge in [-0.3, -0.25) is 14.5 Å². The van der Waals surface area contributed by atoms with Crippen LogP contribution in [0.15, 0.2) is 102 Å². The predicted octanol–water partition coefficient (Wildman–Crippen LogP) is 5.82. The number of benzene rings is 3. The molecule has 0 radical (unpaired) electrons. The zero-order valence-electron chi connectivity index (χ0n) is 21.2. The van der Waals surface area contributed by atoms with Gasteiger partial charge in [-0.2, -0.15) is 0 Å². The second-order valence-electron chi connectivity index (χ2n) is 9.43. The number of carbonyl (C=O) groups is 2. The molecule has 0 bridgehead atoms. The maximum absolute atomic E-state index is 13.4. The van der Waals surface area contributed by atoms with Crippen molar-refractivity contribution in [2.45, 2.75) is 43.7 Å². The Bertz CT molecular complexity index is 1290. The third kappa shape index (κ3) is 5.54. The molecule has 0 aliphatic carbocycles. The maximum atomic E-state index is 13.4. The van der Waals surface area contributed by atoms with Crippen LogP contribution in [0.4, 0.5) is 0 Å². The zero-order chi connectivity index (χ0) is 26.5. The second-order valence-corrected chi connectivity index (χ2v) is 10.9. The topological polar surface area (TPSA) is 58.6 Å². The van der Waals surface area contributed by atoms with Gasteiger partial charge in [0.15, 0.2) is 0 Å². The van der Waals surface area contributed by atoms with Crippen molar-refractivity contribution in [1.29, 1.82) is 0 Å². The molecule has 0 spiro atoms. The van der Waals surface area contributed by atoms with E-state index in [9.17, 15) is 9.59 Å². The number of rotatable bonds is 9. The summed E-state index contributed by atoms with van der Waals surface area (Å²) in [7, 11) is 0. The Morgan fingerprint density at radius 1 is 1.00 bits per heavy atom. The molecule has 7 heteroatoms. The number of hydrogen-bond acceptors (Lipinski definition) is 5. The lowest BCUT2D eigenvalue weighted by Crippen LogP contribution is -2.70. The number of fused-ring (bicyclic) bond motifs is 1. The van der Waals surface area contributed by atoms with E-state index in [-0.39, 0.29) is 23.6 Å². The van der Waals surface area contributed by atoms with Crippen LogP contribution in [-0.4, -0.2) is 38.9 Å². The van der Waals surface area contributed by atoms with Crippen molar-refractivity contribution in [2.24, 2.45) is 0 Å². The minimum absolute atomic E-state index is 0.144. The van der Waals surface area contributed by atoms with Gasteiger partial charge in [0.05, 0.1) is 12.1 Å². The molecular formula is C31H30N2O3S2. The SMILES string of the molecule is CCCC1=C(C(=S)OC(c2ccccc2)c2ccccc2)N2C(=O)C(NC(=O)Cc3ccccc3)[C@H]2SC1. The first kappa shape index (κ1) is 26.2. The Hall–Kier alpha value is -3.42. The van der Waals surface area contributed by atoms with Gasteiger partial charge in [0, 0.05) is 5.75 Å². The van der Waals surface area contributed by atoms with Gasteiger partial charge >= 0.3 is 0 Å². The molecule has 1 N–H and O–H groups in total.